The van der Waals surface area contributed by atoms with Crippen LogP contribution in [0.2, 0.25) is 0 Å². The van der Waals surface area contributed by atoms with Crippen molar-refractivity contribution in [2.45, 2.75) is 25.8 Å². The van der Waals surface area contributed by atoms with E-state index in [4.69, 9.17) is 4.42 Å². The van der Waals surface area contributed by atoms with Crippen LogP contribution in [-0.2, 0) is 13.0 Å². The van der Waals surface area contributed by atoms with Crippen molar-refractivity contribution in [3.05, 3.63) is 42.3 Å². The number of oxazole rings is 1. The molecule has 0 aliphatic carbocycles. The van der Waals surface area contributed by atoms with Gasteiger partial charge in [-0.25, -0.2) is 0 Å². The summed E-state index contributed by atoms with van der Waals surface area (Å²) in [5.74, 6) is 1.14. The van der Waals surface area contributed by atoms with Gasteiger partial charge in [-0.2, -0.15) is 4.57 Å². The first-order chi connectivity index (χ1) is 8.42. The summed E-state index contributed by atoms with van der Waals surface area (Å²) in [6.45, 7) is 1.10. The molecule has 2 heterocycles. The molecule has 0 fully saturated rings. The maximum absolute atomic E-state index is 5.96. The van der Waals surface area contributed by atoms with Gasteiger partial charge in [-0.3, -0.25) is 0 Å². The number of benzene rings is 2. The number of fused-ring (bicyclic) bond motifs is 4. The van der Waals surface area contributed by atoms with E-state index < -0.39 is 0 Å². The largest absolute Gasteiger partial charge is 1.00 e. The van der Waals surface area contributed by atoms with Crippen molar-refractivity contribution in [3.8, 4) is 0 Å². The average Bonchev–Trinajstić information content (AvgIpc) is 2.73. The molecule has 2 nitrogen and oxygen atoms in total. The highest BCUT2D eigenvalue weighted by Gasteiger charge is 2.25. The highest BCUT2D eigenvalue weighted by molar-refractivity contribution is 5.92. The third-order valence-electron chi connectivity index (χ3n) is 3.67. The van der Waals surface area contributed by atoms with E-state index in [0.29, 0.717) is 0 Å². The van der Waals surface area contributed by atoms with Crippen molar-refractivity contribution in [2.75, 3.05) is 0 Å². The number of aromatic nitrogens is 1. The summed E-state index contributed by atoms with van der Waals surface area (Å²) in [7, 11) is 0. The number of hydrogen-bond donors (Lipinski definition) is 0. The molecule has 1 aliphatic heterocycles. The molecule has 2 aromatic carbocycles. The first kappa shape index (κ1) is 11.7. The number of hydrogen-bond acceptors (Lipinski definition) is 1. The highest BCUT2D eigenvalue weighted by atomic mass is 79.9. The van der Waals surface area contributed by atoms with E-state index in [2.05, 4.69) is 41.0 Å². The topological polar surface area (TPSA) is 17.0 Å². The van der Waals surface area contributed by atoms with Crippen molar-refractivity contribution in [1.29, 1.82) is 0 Å². The molecule has 3 aromatic rings. The minimum atomic E-state index is 0. The lowest BCUT2D eigenvalue weighted by Gasteiger charge is -2.02. The molecule has 0 N–H and O–H groups in total. The summed E-state index contributed by atoms with van der Waals surface area (Å²) >= 11 is 0. The molecular weight excluding hydrogens is 290 g/mol. The second kappa shape index (κ2) is 4.39. The summed E-state index contributed by atoms with van der Waals surface area (Å²) in [6.07, 6.45) is 3.59. The molecule has 0 saturated heterocycles. The zero-order chi connectivity index (χ0) is 11.2. The second-order valence-electron chi connectivity index (χ2n) is 4.77. The lowest BCUT2D eigenvalue weighted by Crippen LogP contribution is -3.00. The van der Waals surface area contributed by atoms with Crippen molar-refractivity contribution < 1.29 is 26.0 Å². The van der Waals surface area contributed by atoms with Crippen LogP contribution in [0.25, 0.3) is 21.9 Å². The quantitative estimate of drug-likeness (QED) is 0.543. The molecule has 0 unspecified atom stereocenters. The Morgan fingerprint density at radius 2 is 1.78 bits per heavy atom. The van der Waals surface area contributed by atoms with E-state index in [1.807, 2.05) is 0 Å². The molecule has 92 valence electrons. The summed E-state index contributed by atoms with van der Waals surface area (Å²) < 4.78 is 8.30. The van der Waals surface area contributed by atoms with E-state index >= 15 is 0 Å². The molecule has 18 heavy (non-hydrogen) atoms. The van der Waals surface area contributed by atoms with Gasteiger partial charge in [0.15, 0.2) is 6.54 Å². The van der Waals surface area contributed by atoms with Crippen LogP contribution in [0.4, 0.5) is 0 Å². The first-order valence-electron chi connectivity index (χ1n) is 6.26. The van der Waals surface area contributed by atoms with Crippen molar-refractivity contribution in [1.82, 2.24) is 0 Å². The van der Waals surface area contributed by atoms with Crippen LogP contribution in [0.5, 0.6) is 0 Å². The predicted octanol–water partition coefficient (Wildman–Crippen LogP) is 0.214. The Hall–Kier alpha value is -1.35. The van der Waals surface area contributed by atoms with Crippen LogP contribution < -0.4 is 21.5 Å². The molecule has 0 bridgehead atoms. The average molecular weight is 304 g/mol. The van der Waals surface area contributed by atoms with Crippen LogP contribution in [0, 0.1) is 0 Å². The fraction of sp³-hybridized carbons (Fsp3) is 0.267. The first-order valence-corrected chi connectivity index (χ1v) is 6.26. The third-order valence-corrected chi connectivity index (χ3v) is 3.67. The number of aryl methyl sites for hydroxylation is 2. The van der Waals surface area contributed by atoms with E-state index in [9.17, 15) is 0 Å². The van der Waals surface area contributed by atoms with Crippen LogP contribution in [0.1, 0.15) is 18.7 Å². The van der Waals surface area contributed by atoms with Gasteiger partial charge in [-0.1, -0.05) is 24.3 Å². The van der Waals surface area contributed by atoms with Crippen LogP contribution >= 0.6 is 0 Å². The lowest BCUT2D eigenvalue weighted by atomic mass is 10.1. The Morgan fingerprint density at radius 3 is 2.61 bits per heavy atom. The molecule has 4 rings (SSSR count). The van der Waals surface area contributed by atoms with Gasteiger partial charge in [0.05, 0.1) is 6.42 Å². The number of halogens is 1. The summed E-state index contributed by atoms with van der Waals surface area (Å²) in [6, 6.07) is 12.9. The standard InChI is InChI=1S/C15H14NO.BrH/c1-2-6-12-10-14-13(9-11(12)5-1)16-8-4-3-7-15(16)17-14;/h1-2,5-6,9-10H,3-4,7-8H2;1H/q+1;/p-1. The van der Waals surface area contributed by atoms with Gasteiger partial charge >= 0.3 is 5.89 Å². The van der Waals surface area contributed by atoms with Crippen LogP contribution in [-0.4, -0.2) is 0 Å². The smallest absolute Gasteiger partial charge is 0.347 e. The SMILES string of the molecule is [Br-].c1ccc2cc3c(cc2c1)oc1[n+]3CCCC1. The summed E-state index contributed by atoms with van der Waals surface area (Å²) in [4.78, 5) is 0. The maximum Gasteiger partial charge on any atom is 0.347 e. The third kappa shape index (κ3) is 1.65. The van der Waals surface area contributed by atoms with Gasteiger partial charge in [0.2, 0.25) is 5.58 Å². The summed E-state index contributed by atoms with van der Waals surface area (Å²) in [5, 5.41) is 2.55. The van der Waals surface area contributed by atoms with Crippen molar-refractivity contribution in [3.63, 3.8) is 0 Å². The Morgan fingerprint density at radius 1 is 1.00 bits per heavy atom. The normalized spacial score (nSPS) is 14.4. The monoisotopic (exact) mass is 303 g/mol. The zero-order valence-corrected chi connectivity index (χ0v) is 11.6. The van der Waals surface area contributed by atoms with Gasteiger partial charge in [0.1, 0.15) is 0 Å². The van der Waals surface area contributed by atoms with Gasteiger partial charge in [0.25, 0.3) is 5.52 Å². The Labute approximate surface area is 116 Å². The summed E-state index contributed by atoms with van der Waals surface area (Å²) in [5.41, 5.74) is 2.28. The van der Waals surface area contributed by atoms with Crippen molar-refractivity contribution in [2.24, 2.45) is 0 Å². The minimum absolute atomic E-state index is 0. The molecule has 0 radical (unpaired) electrons. The predicted molar refractivity (Wildman–Crippen MR) is 66.9 cm³/mol. The maximum atomic E-state index is 5.96. The Kier molecular flexibility index (Phi) is 2.86. The highest BCUT2D eigenvalue weighted by Crippen LogP contribution is 2.24. The van der Waals surface area contributed by atoms with Gasteiger partial charge in [-0.05, 0) is 23.3 Å². The lowest BCUT2D eigenvalue weighted by molar-refractivity contribution is -0.689. The fourth-order valence-electron chi connectivity index (χ4n) is 2.79. The minimum Gasteiger partial charge on any atom is -1.00 e. The molecule has 0 atom stereocenters. The molecule has 1 aliphatic rings. The van der Waals surface area contributed by atoms with Crippen molar-refractivity contribution >= 4 is 21.9 Å². The molecule has 0 saturated carbocycles. The zero-order valence-electron chi connectivity index (χ0n) is 10.0. The van der Waals surface area contributed by atoms with Crippen LogP contribution in [0.15, 0.2) is 40.8 Å². The van der Waals surface area contributed by atoms with Gasteiger partial charge in [0, 0.05) is 12.5 Å². The van der Waals surface area contributed by atoms with E-state index in [1.54, 1.807) is 0 Å². The van der Waals surface area contributed by atoms with E-state index in [1.165, 1.54) is 29.1 Å². The Bertz CT molecular complexity index is 717. The molecular formula is C15H14BrNO. The Balaban J connectivity index is 0.000001000. The number of nitrogens with zero attached hydrogens (tertiary/aromatic N) is 1. The van der Waals surface area contributed by atoms with E-state index in [-0.39, 0.29) is 17.0 Å². The van der Waals surface area contributed by atoms with E-state index in [0.717, 1.165) is 24.4 Å². The molecule has 0 amide bonds. The van der Waals surface area contributed by atoms with Gasteiger partial charge in [-0.15, -0.1) is 0 Å². The molecule has 0 spiro atoms. The van der Waals surface area contributed by atoms with Gasteiger partial charge < -0.3 is 21.4 Å². The second-order valence-corrected chi connectivity index (χ2v) is 4.77. The molecule has 3 heteroatoms. The number of rotatable bonds is 0. The molecule has 1 aromatic heterocycles. The van der Waals surface area contributed by atoms with Crippen LogP contribution in [0.3, 0.4) is 0 Å². The fourth-order valence-corrected chi connectivity index (χ4v) is 2.79.